The van der Waals surface area contributed by atoms with E-state index < -0.39 is 0 Å². The molecule has 24 heavy (non-hydrogen) atoms. The molecule has 0 unspecified atom stereocenters. The summed E-state index contributed by atoms with van der Waals surface area (Å²) in [5.41, 5.74) is 1.71. The van der Waals surface area contributed by atoms with Gasteiger partial charge in [-0.15, -0.1) is 0 Å². The monoisotopic (exact) mass is 332 g/mol. The first-order valence-electron chi connectivity index (χ1n) is 9.59. The number of aromatic nitrogens is 2. The fourth-order valence-electron chi connectivity index (χ4n) is 4.54. The quantitative estimate of drug-likeness (QED) is 0.921. The van der Waals surface area contributed by atoms with E-state index in [2.05, 4.69) is 17.3 Å². The smallest absolute Gasteiger partial charge is 0.317 e. The van der Waals surface area contributed by atoms with Crippen LogP contribution in [0.1, 0.15) is 63.9 Å². The van der Waals surface area contributed by atoms with Crippen molar-refractivity contribution in [1.82, 2.24) is 20.0 Å². The van der Waals surface area contributed by atoms with Crippen molar-refractivity contribution in [2.45, 2.75) is 70.8 Å². The zero-order chi connectivity index (χ0) is 17.0. The molecule has 1 saturated carbocycles. The van der Waals surface area contributed by atoms with E-state index in [1.807, 2.05) is 29.0 Å². The summed E-state index contributed by atoms with van der Waals surface area (Å²) in [4.78, 5) is 14.7. The fourth-order valence-corrected chi connectivity index (χ4v) is 4.54. The van der Waals surface area contributed by atoms with E-state index in [1.165, 1.54) is 50.5 Å². The highest BCUT2D eigenvalue weighted by Gasteiger charge is 2.34. The van der Waals surface area contributed by atoms with Crippen LogP contribution in [-0.2, 0) is 13.5 Å². The maximum atomic E-state index is 12.6. The lowest BCUT2D eigenvalue weighted by molar-refractivity contribution is 0.157. The predicted molar refractivity (Wildman–Crippen MR) is 95.8 cm³/mol. The molecule has 0 radical (unpaired) electrons. The number of amides is 2. The molecule has 2 amide bonds. The molecule has 1 atom stereocenters. The lowest BCUT2D eigenvalue weighted by Crippen LogP contribution is -2.45. The van der Waals surface area contributed by atoms with E-state index >= 15 is 0 Å². The van der Waals surface area contributed by atoms with Gasteiger partial charge in [-0.2, -0.15) is 5.10 Å². The summed E-state index contributed by atoms with van der Waals surface area (Å²) in [5, 5.41) is 7.37. The van der Waals surface area contributed by atoms with Gasteiger partial charge in [-0.3, -0.25) is 4.68 Å². The molecule has 0 bridgehead atoms. The Labute approximate surface area is 145 Å². The van der Waals surface area contributed by atoms with Crippen molar-refractivity contribution in [1.29, 1.82) is 0 Å². The van der Waals surface area contributed by atoms with Crippen LogP contribution in [0, 0.1) is 5.41 Å². The molecule has 2 heterocycles. The van der Waals surface area contributed by atoms with Crippen molar-refractivity contribution >= 4 is 6.03 Å². The lowest BCUT2D eigenvalue weighted by atomic mass is 9.69. The standard InChI is InChI=1S/C19H32N4O/c1-16(13-17-14-20-22(2)15-17)21-18(24)23-11-6-9-19(10-12-23)7-4-3-5-8-19/h14-16H,3-13H2,1-2H3,(H,21,24)/t16-/m0/s1. The van der Waals surface area contributed by atoms with Gasteiger partial charge in [0.2, 0.25) is 0 Å². The van der Waals surface area contributed by atoms with Crippen LogP contribution in [-0.4, -0.2) is 39.8 Å². The highest BCUT2D eigenvalue weighted by molar-refractivity contribution is 5.74. The number of urea groups is 1. The number of nitrogens with zero attached hydrogens (tertiary/aromatic N) is 3. The Morgan fingerprint density at radius 1 is 1.21 bits per heavy atom. The lowest BCUT2D eigenvalue weighted by Gasteiger charge is -2.36. The number of hydrogen-bond donors (Lipinski definition) is 1. The Bertz CT molecular complexity index is 547. The van der Waals surface area contributed by atoms with Crippen LogP contribution in [0.25, 0.3) is 0 Å². The largest absolute Gasteiger partial charge is 0.335 e. The van der Waals surface area contributed by atoms with Gasteiger partial charge in [-0.25, -0.2) is 4.79 Å². The number of hydrogen-bond acceptors (Lipinski definition) is 2. The third-order valence-electron chi connectivity index (χ3n) is 5.92. The first-order chi connectivity index (χ1) is 11.6. The van der Waals surface area contributed by atoms with Gasteiger partial charge in [0.25, 0.3) is 0 Å². The molecule has 0 aromatic carbocycles. The summed E-state index contributed by atoms with van der Waals surface area (Å²) < 4.78 is 1.81. The van der Waals surface area contributed by atoms with Crippen LogP contribution >= 0.6 is 0 Å². The first-order valence-corrected chi connectivity index (χ1v) is 9.59. The fraction of sp³-hybridized carbons (Fsp3) is 0.789. The van der Waals surface area contributed by atoms with E-state index in [1.54, 1.807) is 0 Å². The van der Waals surface area contributed by atoms with Gasteiger partial charge in [0.15, 0.2) is 0 Å². The molecule has 1 aromatic rings. The van der Waals surface area contributed by atoms with Crippen molar-refractivity contribution < 1.29 is 4.79 Å². The van der Waals surface area contributed by atoms with Crippen LogP contribution < -0.4 is 5.32 Å². The van der Waals surface area contributed by atoms with E-state index in [-0.39, 0.29) is 12.1 Å². The summed E-state index contributed by atoms with van der Waals surface area (Å²) in [6, 6.07) is 0.243. The number of aryl methyl sites for hydroxylation is 1. The Morgan fingerprint density at radius 3 is 2.67 bits per heavy atom. The van der Waals surface area contributed by atoms with Crippen molar-refractivity contribution in [2.24, 2.45) is 12.5 Å². The third-order valence-corrected chi connectivity index (χ3v) is 5.92. The Morgan fingerprint density at radius 2 is 1.96 bits per heavy atom. The molecule has 1 aliphatic heterocycles. The number of carbonyl (C=O) groups excluding carboxylic acids is 1. The first kappa shape index (κ1) is 17.3. The normalized spacial score (nSPS) is 22.2. The van der Waals surface area contributed by atoms with Crippen LogP contribution in [0.15, 0.2) is 12.4 Å². The summed E-state index contributed by atoms with van der Waals surface area (Å²) in [6.07, 6.45) is 15.3. The zero-order valence-electron chi connectivity index (χ0n) is 15.3. The van der Waals surface area contributed by atoms with Gasteiger partial charge < -0.3 is 10.2 Å². The van der Waals surface area contributed by atoms with Gasteiger partial charge in [0, 0.05) is 32.4 Å². The SMILES string of the molecule is C[C@@H](Cc1cnn(C)c1)NC(=O)N1CCCC2(CCCCC2)CC1. The van der Waals surface area contributed by atoms with Crippen molar-refractivity contribution in [3.8, 4) is 0 Å². The van der Waals surface area contributed by atoms with E-state index in [0.717, 1.165) is 25.9 Å². The molecule has 1 aromatic heterocycles. The maximum Gasteiger partial charge on any atom is 0.317 e. The summed E-state index contributed by atoms with van der Waals surface area (Å²) in [5.74, 6) is 0. The van der Waals surface area contributed by atoms with Crippen LogP contribution in [0.5, 0.6) is 0 Å². The summed E-state index contributed by atoms with van der Waals surface area (Å²) in [6.45, 7) is 3.91. The average molecular weight is 332 g/mol. The van der Waals surface area contributed by atoms with Gasteiger partial charge in [0.1, 0.15) is 0 Å². The Balaban J connectivity index is 1.49. The number of likely N-dealkylation sites (tertiary alicyclic amines) is 1. The van der Waals surface area contributed by atoms with Crippen molar-refractivity contribution in [3.63, 3.8) is 0 Å². The maximum absolute atomic E-state index is 12.6. The second-order valence-electron chi connectivity index (χ2n) is 7.98. The molecule has 2 fully saturated rings. The second-order valence-corrected chi connectivity index (χ2v) is 7.98. The topological polar surface area (TPSA) is 50.2 Å². The van der Waals surface area contributed by atoms with Gasteiger partial charge in [0.05, 0.1) is 6.20 Å². The molecule has 134 valence electrons. The molecular formula is C19H32N4O. The molecule has 1 saturated heterocycles. The van der Waals surface area contributed by atoms with Crippen molar-refractivity contribution in [2.75, 3.05) is 13.1 Å². The molecule has 1 aliphatic carbocycles. The number of carbonyl (C=O) groups is 1. The zero-order valence-corrected chi connectivity index (χ0v) is 15.3. The predicted octanol–water partition coefficient (Wildman–Crippen LogP) is 3.50. The number of nitrogens with one attached hydrogen (secondary N) is 1. The minimum Gasteiger partial charge on any atom is -0.335 e. The van der Waals surface area contributed by atoms with E-state index in [0.29, 0.717) is 5.41 Å². The van der Waals surface area contributed by atoms with Crippen molar-refractivity contribution in [3.05, 3.63) is 18.0 Å². The third kappa shape index (κ3) is 4.31. The molecule has 1 spiro atoms. The number of rotatable bonds is 3. The summed E-state index contributed by atoms with van der Waals surface area (Å²) in [7, 11) is 1.92. The average Bonchev–Trinajstić information content (AvgIpc) is 2.85. The highest BCUT2D eigenvalue weighted by atomic mass is 16.2. The highest BCUT2D eigenvalue weighted by Crippen LogP contribution is 2.44. The van der Waals surface area contributed by atoms with E-state index in [4.69, 9.17) is 0 Å². The molecule has 1 N–H and O–H groups in total. The molecular weight excluding hydrogens is 300 g/mol. The van der Waals surface area contributed by atoms with Crippen LogP contribution in [0.3, 0.4) is 0 Å². The molecule has 3 rings (SSSR count). The minimum absolute atomic E-state index is 0.110. The molecule has 5 nitrogen and oxygen atoms in total. The van der Waals surface area contributed by atoms with Crippen LogP contribution in [0.2, 0.25) is 0 Å². The summed E-state index contributed by atoms with van der Waals surface area (Å²) >= 11 is 0. The van der Waals surface area contributed by atoms with E-state index in [9.17, 15) is 4.79 Å². The molecule has 5 heteroatoms. The van der Waals surface area contributed by atoms with Gasteiger partial charge in [-0.1, -0.05) is 19.3 Å². The Hall–Kier alpha value is -1.52. The second kappa shape index (κ2) is 7.58. The Kier molecular flexibility index (Phi) is 5.47. The van der Waals surface area contributed by atoms with Gasteiger partial charge >= 0.3 is 6.03 Å². The van der Waals surface area contributed by atoms with Crippen LogP contribution in [0.4, 0.5) is 4.79 Å². The molecule has 2 aliphatic rings. The van der Waals surface area contributed by atoms with Gasteiger partial charge in [-0.05, 0) is 56.4 Å². The minimum atomic E-state index is 0.110.